The molecule has 0 atom stereocenters. The van der Waals surface area contributed by atoms with Crippen molar-refractivity contribution in [1.82, 2.24) is 0 Å². The molecule has 98 valence electrons. The lowest BCUT2D eigenvalue weighted by molar-refractivity contribution is 0.470. The van der Waals surface area contributed by atoms with Crippen molar-refractivity contribution in [3.63, 3.8) is 0 Å². The van der Waals surface area contributed by atoms with Crippen molar-refractivity contribution < 1.29 is 5.11 Å². The average molecular weight is 253 g/mol. The van der Waals surface area contributed by atoms with Crippen LogP contribution < -0.4 is 0 Å². The van der Waals surface area contributed by atoms with Crippen LogP contribution in [-0.2, 0) is 0 Å². The zero-order valence-electron chi connectivity index (χ0n) is 11.9. The van der Waals surface area contributed by atoms with Crippen molar-refractivity contribution in [3.05, 3.63) is 58.1 Å². The van der Waals surface area contributed by atoms with Crippen LogP contribution in [0.5, 0.6) is 5.75 Å². The molecular weight excluding hydrogens is 234 g/mol. The standard InChI is InChI=1S/C17H19NO/c1-11-8-14(4)17(19)15(9-11)10-18-16-12(2)6-5-7-13(16)3/h5-10,19H,1-4H3. The number of aryl methyl sites for hydroxylation is 4. The Balaban J connectivity index is 2.44. The van der Waals surface area contributed by atoms with Gasteiger partial charge >= 0.3 is 0 Å². The number of hydrogen-bond acceptors (Lipinski definition) is 2. The quantitative estimate of drug-likeness (QED) is 0.792. The zero-order chi connectivity index (χ0) is 14.0. The first kappa shape index (κ1) is 13.3. The molecular formula is C17H19NO. The Hall–Kier alpha value is -2.09. The monoisotopic (exact) mass is 253 g/mol. The Kier molecular flexibility index (Phi) is 3.70. The van der Waals surface area contributed by atoms with Crippen molar-refractivity contribution in [2.24, 2.45) is 4.99 Å². The molecule has 0 aliphatic carbocycles. The minimum Gasteiger partial charge on any atom is -0.507 e. The van der Waals surface area contributed by atoms with Gasteiger partial charge in [-0.2, -0.15) is 0 Å². The predicted molar refractivity (Wildman–Crippen MR) is 80.8 cm³/mol. The van der Waals surface area contributed by atoms with Gasteiger partial charge in [0.1, 0.15) is 5.75 Å². The summed E-state index contributed by atoms with van der Waals surface area (Å²) in [6.07, 6.45) is 1.74. The van der Waals surface area contributed by atoms with Crippen molar-refractivity contribution in [2.75, 3.05) is 0 Å². The zero-order valence-corrected chi connectivity index (χ0v) is 11.9. The van der Waals surface area contributed by atoms with E-state index >= 15 is 0 Å². The van der Waals surface area contributed by atoms with Crippen LogP contribution in [-0.4, -0.2) is 11.3 Å². The number of phenolic OH excluding ortho intramolecular Hbond substituents is 1. The van der Waals surface area contributed by atoms with Gasteiger partial charge < -0.3 is 5.11 Å². The second-order valence-corrected chi connectivity index (χ2v) is 5.02. The van der Waals surface area contributed by atoms with Gasteiger partial charge in [0.25, 0.3) is 0 Å². The van der Waals surface area contributed by atoms with Crippen LogP contribution in [0.4, 0.5) is 5.69 Å². The third kappa shape index (κ3) is 2.84. The van der Waals surface area contributed by atoms with E-state index in [-0.39, 0.29) is 0 Å². The third-order valence-corrected chi connectivity index (χ3v) is 3.25. The van der Waals surface area contributed by atoms with E-state index in [2.05, 4.69) is 4.99 Å². The van der Waals surface area contributed by atoms with Crippen LogP contribution in [0.3, 0.4) is 0 Å². The molecule has 2 rings (SSSR count). The number of hydrogen-bond donors (Lipinski definition) is 1. The lowest BCUT2D eigenvalue weighted by Crippen LogP contribution is -1.89. The largest absolute Gasteiger partial charge is 0.507 e. The number of benzene rings is 2. The number of phenols is 1. The number of aromatic hydroxyl groups is 1. The van der Waals surface area contributed by atoms with Crippen LogP contribution in [0.25, 0.3) is 0 Å². The molecule has 0 aliphatic heterocycles. The maximum absolute atomic E-state index is 10.0. The van der Waals surface area contributed by atoms with Gasteiger partial charge in [0, 0.05) is 11.8 Å². The summed E-state index contributed by atoms with van der Waals surface area (Å²) in [4.78, 5) is 4.53. The minimum atomic E-state index is 0.306. The van der Waals surface area contributed by atoms with Gasteiger partial charge in [-0.1, -0.05) is 24.3 Å². The molecule has 0 bridgehead atoms. The third-order valence-electron chi connectivity index (χ3n) is 3.25. The van der Waals surface area contributed by atoms with Gasteiger partial charge in [-0.15, -0.1) is 0 Å². The maximum atomic E-state index is 10.0. The fourth-order valence-electron chi connectivity index (χ4n) is 2.23. The van der Waals surface area contributed by atoms with Crippen molar-refractivity contribution in [2.45, 2.75) is 27.7 Å². The molecule has 2 aromatic rings. The molecule has 0 fully saturated rings. The van der Waals surface area contributed by atoms with Gasteiger partial charge in [0.2, 0.25) is 0 Å². The summed E-state index contributed by atoms with van der Waals surface area (Å²) in [5.74, 6) is 0.306. The highest BCUT2D eigenvalue weighted by atomic mass is 16.3. The van der Waals surface area contributed by atoms with Crippen LogP contribution >= 0.6 is 0 Å². The molecule has 1 N–H and O–H groups in total. The van der Waals surface area contributed by atoms with Crippen molar-refractivity contribution in [1.29, 1.82) is 0 Å². The van der Waals surface area contributed by atoms with Gasteiger partial charge in [-0.05, 0) is 56.0 Å². The highest BCUT2D eigenvalue weighted by Crippen LogP contribution is 2.25. The summed E-state index contributed by atoms with van der Waals surface area (Å²) in [5, 5.41) is 10.0. The van der Waals surface area contributed by atoms with Crippen LogP contribution in [0.15, 0.2) is 35.3 Å². The van der Waals surface area contributed by atoms with Crippen LogP contribution in [0.1, 0.15) is 27.8 Å². The van der Waals surface area contributed by atoms with Gasteiger partial charge in [-0.25, -0.2) is 0 Å². The first-order chi connectivity index (χ1) is 8.99. The highest BCUT2D eigenvalue weighted by Gasteiger charge is 2.04. The Bertz CT molecular complexity index is 622. The molecule has 2 nitrogen and oxygen atoms in total. The fraction of sp³-hybridized carbons (Fsp3) is 0.235. The van der Waals surface area contributed by atoms with E-state index in [0.29, 0.717) is 5.75 Å². The minimum absolute atomic E-state index is 0.306. The summed E-state index contributed by atoms with van der Waals surface area (Å²) in [7, 11) is 0. The molecule has 2 aromatic carbocycles. The Morgan fingerprint density at radius 1 is 0.947 bits per heavy atom. The van der Waals surface area contributed by atoms with E-state index in [0.717, 1.165) is 33.5 Å². The lowest BCUT2D eigenvalue weighted by Gasteiger charge is -2.06. The van der Waals surface area contributed by atoms with Crippen LogP contribution in [0, 0.1) is 27.7 Å². The fourth-order valence-corrected chi connectivity index (χ4v) is 2.23. The molecule has 0 aliphatic rings. The summed E-state index contributed by atoms with van der Waals surface area (Å²) in [6, 6.07) is 10.0. The summed E-state index contributed by atoms with van der Waals surface area (Å²) >= 11 is 0. The topological polar surface area (TPSA) is 32.6 Å². The highest BCUT2D eigenvalue weighted by molar-refractivity contribution is 5.86. The normalized spacial score (nSPS) is 11.2. The average Bonchev–Trinajstić information content (AvgIpc) is 2.34. The maximum Gasteiger partial charge on any atom is 0.127 e. The Morgan fingerprint density at radius 3 is 2.21 bits per heavy atom. The molecule has 0 aromatic heterocycles. The van der Waals surface area contributed by atoms with Crippen molar-refractivity contribution in [3.8, 4) is 5.75 Å². The van der Waals surface area contributed by atoms with E-state index in [1.807, 2.05) is 58.0 Å². The molecule has 2 heteroatoms. The number of para-hydroxylation sites is 1. The molecule has 0 saturated carbocycles. The Labute approximate surface area is 114 Å². The molecule has 0 unspecified atom stereocenters. The first-order valence-electron chi connectivity index (χ1n) is 6.39. The molecule has 0 amide bonds. The first-order valence-corrected chi connectivity index (χ1v) is 6.39. The SMILES string of the molecule is Cc1cc(C)c(O)c(C=Nc2c(C)cccc2C)c1. The van der Waals surface area contributed by atoms with Gasteiger partial charge in [0.15, 0.2) is 0 Å². The summed E-state index contributed by atoms with van der Waals surface area (Å²) in [6.45, 7) is 8.00. The summed E-state index contributed by atoms with van der Waals surface area (Å²) < 4.78 is 0. The molecule has 0 radical (unpaired) electrons. The molecule has 0 spiro atoms. The lowest BCUT2D eigenvalue weighted by atomic mass is 10.1. The summed E-state index contributed by atoms with van der Waals surface area (Å²) in [5.41, 5.74) is 6.02. The van der Waals surface area contributed by atoms with Gasteiger partial charge in [-0.3, -0.25) is 4.99 Å². The molecule has 19 heavy (non-hydrogen) atoms. The second-order valence-electron chi connectivity index (χ2n) is 5.02. The predicted octanol–water partition coefficient (Wildman–Crippen LogP) is 4.38. The second kappa shape index (κ2) is 5.27. The van der Waals surface area contributed by atoms with E-state index in [9.17, 15) is 5.11 Å². The molecule has 0 heterocycles. The van der Waals surface area contributed by atoms with E-state index in [1.165, 1.54) is 0 Å². The van der Waals surface area contributed by atoms with Crippen LogP contribution in [0.2, 0.25) is 0 Å². The molecule has 0 saturated heterocycles. The number of rotatable bonds is 2. The number of nitrogens with zero attached hydrogens (tertiary/aromatic N) is 1. The smallest absolute Gasteiger partial charge is 0.127 e. The number of aliphatic imine (C=N–C) groups is 1. The van der Waals surface area contributed by atoms with Crippen molar-refractivity contribution >= 4 is 11.9 Å². The van der Waals surface area contributed by atoms with E-state index in [4.69, 9.17) is 0 Å². The van der Waals surface area contributed by atoms with E-state index < -0.39 is 0 Å². The Morgan fingerprint density at radius 2 is 1.58 bits per heavy atom. The van der Waals surface area contributed by atoms with E-state index in [1.54, 1.807) is 6.21 Å². The van der Waals surface area contributed by atoms with Gasteiger partial charge in [0.05, 0.1) is 5.69 Å².